The van der Waals surface area contributed by atoms with Gasteiger partial charge in [-0.05, 0) is 52.7 Å². The summed E-state index contributed by atoms with van der Waals surface area (Å²) in [5, 5.41) is 3.48. The van der Waals surface area contributed by atoms with Gasteiger partial charge in [-0.1, -0.05) is 12.1 Å². The van der Waals surface area contributed by atoms with Gasteiger partial charge in [0.25, 0.3) is 0 Å². The Morgan fingerprint density at radius 2 is 1.90 bits per heavy atom. The summed E-state index contributed by atoms with van der Waals surface area (Å²) in [5.41, 5.74) is 10.4. The topological polar surface area (TPSA) is 63.8 Å². The van der Waals surface area contributed by atoms with E-state index in [-0.39, 0.29) is 6.04 Å². The number of aromatic nitrogens is 2. The number of pyridine rings is 2. The van der Waals surface area contributed by atoms with Crippen LogP contribution in [-0.4, -0.2) is 9.97 Å². The summed E-state index contributed by atoms with van der Waals surface area (Å²) in [6, 6.07) is 11.9. The normalized spacial score (nSPS) is 12.3. The molecule has 5 heteroatoms. The van der Waals surface area contributed by atoms with E-state index in [9.17, 15) is 0 Å². The number of hydrogen-bond donors (Lipinski definition) is 2. The maximum Gasteiger partial charge on any atom is 0.112 e. The number of benzene rings is 1. The number of fused-ring (bicyclic) bond motifs is 1. The van der Waals surface area contributed by atoms with Gasteiger partial charge in [0.1, 0.15) is 5.52 Å². The Bertz CT molecular complexity index is 771. The van der Waals surface area contributed by atoms with Gasteiger partial charge in [0.05, 0.1) is 11.2 Å². The molecule has 3 N–H and O–H groups in total. The van der Waals surface area contributed by atoms with Crippen molar-refractivity contribution in [2.45, 2.75) is 13.0 Å². The second-order valence-corrected chi connectivity index (χ2v) is 5.83. The highest BCUT2D eigenvalue weighted by atomic mass is 79.9. The van der Waals surface area contributed by atoms with Gasteiger partial charge in [0, 0.05) is 28.6 Å². The molecule has 0 fully saturated rings. The molecule has 1 aromatic carbocycles. The number of nitrogens with one attached hydrogen (secondary N) is 1. The summed E-state index contributed by atoms with van der Waals surface area (Å²) in [5.74, 6) is 0. The van der Waals surface area contributed by atoms with Crippen molar-refractivity contribution >= 4 is 38.3 Å². The largest absolute Gasteiger partial charge is 0.399 e. The molecule has 106 valence electrons. The number of nitrogens with two attached hydrogens (primary N) is 1. The van der Waals surface area contributed by atoms with E-state index >= 15 is 0 Å². The third kappa shape index (κ3) is 2.97. The zero-order valence-corrected chi connectivity index (χ0v) is 13.1. The summed E-state index contributed by atoms with van der Waals surface area (Å²) >= 11 is 3.42. The average molecular weight is 343 g/mol. The van der Waals surface area contributed by atoms with Crippen LogP contribution in [0.25, 0.3) is 11.0 Å². The molecule has 4 nitrogen and oxygen atoms in total. The highest BCUT2D eigenvalue weighted by Gasteiger charge is 2.09. The minimum atomic E-state index is 0.154. The van der Waals surface area contributed by atoms with Gasteiger partial charge < -0.3 is 11.1 Å². The van der Waals surface area contributed by atoms with Crippen LogP contribution in [0.2, 0.25) is 0 Å². The number of rotatable bonds is 3. The van der Waals surface area contributed by atoms with Crippen molar-refractivity contribution in [2.75, 3.05) is 11.1 Å². The zero-order chi connectivity index (χ0) is 14.8. The van der Waals surface area contributed by atoms with Gasteiger partial charge in [-0.25, -0.2) is 0 Å². The van der Waals surface area contributed by atoms with Crippen LogP contribution in [0.3, 0.4) is 0 Å². The first-order valence-corrected chi connectivity index (χ1v) is 7.45. The molecule has 0 aliphatic rings. The zero-order valence-electron chi connectivity index (χ0n) is 11.5. The van der Waals surface area contributed by atoms with Gasteiger partial charge >= 0.3 is 0 Å². The number of nitrogen functional groups attached to an aromatic ring is 1. The highest BCUT2D eigenvalue weighted by Crippen LogP contribution is 2.26. The molecular weight excluding hydrogens is 328 g/mol. The lowest BCUT2D eigenvalue weighted by molar-refractivity contribution is 0.886. The molecule has 3 rings (SSSR count). The van der Waals surface area contributed by atoms with Crippen molar-refractivity contribution in [2.24, 2.45) is 0 Å². The van der Waals surface area contributed by atoms with Crippen LogP contribution < -0.4 is 11.1 Å². The first-order valence-electron chi connectivity index (χ1n) is 6.66. The Kier molecular flexibility index (Phi) is 3.75. The van der Waals surface area contributed by atoms with Gasteiger partial charge in [0.15, 0.2) is 0 Å². The minimum Gasteiger partial charge on any atom is -0.399 e. The fourth-order valence-corrected chi connectivity index (χ4v) is 2.54. The van der Waals surface area contributed by atoms with E-state index in [0.717, 1.165) is 26.9 Å². The molecule has 0 aliphatic carbocycles. The summed E-state index contributed by atoms with van der Waals surface area (Å²) in [7, 11) is 0. The van der Waals surface area contributed by atoms with Crippen LogP contribution in [0.4, 0.5) is 11.4 Å². The number of anilines is 2. The lowest BCUT2D eigenvalue weighted by atomic mass is 10.1. The summed E-state index contributed by atoms with van der Waals surface area (Å²) in [4.78, 5) is 8.79. The summed E-state index contributed by atoms with van der Waals surface area (Å²) < 4.78 is 0.922. The summed E-state index contributed by atoms with van der Waals surface area (Å²) in [6.07, 6.45) is 3.57. The standard InChI is InChI=1S/C16H15BrN4/c1-10(11-2-4-13(18)5-3-11)21-14-6-7-19-15-8-12(17)9-20-16(14)15/h2-10H,18H2,1H3,(H,19,21). The molecule has 0 saturated heterocycles. The van der Waals surface area contributed by atoms with Gasteiger partial charge in [-0.2, -0.15) is 0 Å². The predicted molar refractivity (Wildman–Crippen MR) is 90.1 cm³/mol. The van der Waals surface area contributed by atoms with E-state index in [1.54, 1.807) is 12.4 Å². The summed E-state index contributed by atoms with van der Waals surface area (Å²) in [6.45, 7) is 2.11. The maximum atomic E-state index is 5.72. The number of hydrogen-bond acceptors (Lipinski definition) is 4. The Morgan fingerprint density at radius 3 is 2.67 bits per heavy atom. The SMILES string of the molecule is CC(Nc1ccnc2cc(Br)cnc12)c1ccc(N)cc1. The van der Waals surface area contributed by atoms with Crippen molar-refractivity contribution in [3.05, 3.63) is 58.8 Å². The fraction of sp³-hybridized carbons (Fsp3) is 0.125. The molecule has 3 aromatic rings. The van der Waals surface area contributed by atoms with E-state index < -0.39 is 0 Å². The Hall–Kier alpha value is -2.14. The lowest BCUT2D eigenvalue weighted by Crippen LogP contribution is -2.07. The lowest BCUT2D eigenvalue weighted by Gasteiger charge is -2.17. The molecule has 21 heavy (non-hydrogen) atoms. The van der Waals surface area contributed by atoms with E-state index in [1.807, 2.05) is 36.4 Å². The molecule has 1 atom stereocenters. The Balaban J connectivity index is 1.92. The van der Waals surface area contributed by atoms with Gasteiger partial charge in [-0.3, -0.25) is 9.97 Å². The van der Waals surface area contributed by atoms with Crippen LogP contribution >= 0.6 is 15.9 Å². The minimum absolute atomic E-state index is 0.154. The smallest absolute Gasteiger partial charge is 0.112 e. The number of nitrogens with zero attached hydrogens (tertiary/aromatic N) is 2. The quantitative estimate of drug-likeness (QED) is 0.702. The molecule has 1 unspecified atom stereocenters. The second-order valence-electron chi connectivity index (χ2n) is 4.91. The van der Waals surface area contributed by atoms with Gasteiger partial charge in [0.2, 0.25) is 0 Å². The average Bonchev–Trinajstić information content (AvgIpc) is 2.47. The highest BCUT2D eigenvalue weighted by molar-refractivity contribution is 9.10. The van der Waals surface area contributed by atoms with Crippen LogP contribution in [-0.2, 0) is 0 Å². The predicted octanol–water partition coefficient (Wildman–Crippen LogP) is 4.15. The Labute approximate surface area is 131 Å². The molecule has 0 bridgehead atoms. The van der Waals surface area contributed by atoms with Gasteiger partial charge in [-0.15, -0.1) is 0 Å². The van der Waals surface area contributed by atoms with E-state index in [0.29, 0.717) is 0 Å². The molecule has 2 aromatic heterocycles. The fourth-order valence-electron chi connectivity index (χ4n) is 2.22. The maximum absolute atomic E-state index is 5.72. The molecule has 0 spiro atoms. The Morgan fingerprint density at radius 1 is 1.14 bits per heavy atom. The number of halogens is 1. The third-order valence-corrected chi connectivity index (χ3v) is 3.79. The molecule has 2 heterocycles. The van der Waals surface area contributed by atoms with E-state index in [1.165, 1.54) is 5.56 Å². The molecule has 0 aliphatic heterocycles. The van der Waals surface area contributed by atoms with Crippen LogP contribution in [0.5, 0.6) is 0 Å². The van der Waals surface area contributed by atoms with E-state index in [4.69, 9.17) is 5.73 Å². The van der Waals surface area contributed by atoms with E-state index in [2.05, 4.69) is 38.1 Å². The van der Waals surface area contributed by atoms with Crippen molar-refractivity contribution in [3.63, 3.8) is 0 Å². The van der Waals surface area contributed by atoms with Crippen LogP contribution in [0.1, 0.15) is 18.5 Å². The first-order chi connectivity index (χ1) is 10.1. The monoisotopic (exact) mass is 342 g/mol. The first kappa shape index (κ1) is 13.8. The van der Waals surface area contributed by atoms with Crippen LogP contribution in [0, 0.1) is 0 Å². The van der Waals surface area contributed by atoms with Crippen molar-refractivity contribution < 1.29 is 0 Å². The third-order valence-electron chi connectivity index (χ3n) is 3.35. The molecular formula is C16H15BrN4. The van der Waals surface area contributed by atoms with Crippen LogP contribution in [0.15, 0.2) is 53.3 Å². The second kappa shape index (κ2) is 5.69. The van der Waals surface area contributed by atoms with Crippen molar-refractivity contribution in [1.82, 2.24) is 9.97 Å². The molecule has 0 saturated carbocycles. The molecule has 0 radical (unpaired) electrons. The van der Waals surface area contributed by atoms with Crippen molar-refractivity contribution in [3.8, 4) is 0 Å². The van der Waals surface area contributed by atoms with Crippen molar-refractivity contribution in [1.29, 1.82) is 0 Å². The molecule has 0 amide bonds.